The SMILES string of the molecule is O=C(COc1ccc(OCc2ccccc2)cc1)N/N=C\c1c(OC(=O)c2ccc(Cl)cc2)ccc2ccccc12. The summed E-state index contributed by atoms with van der Waals surface area (Å²) in [5, 5.41) is 6.33. The van der Waals surface area contributed by atoms with Crippen LogP contribution in [0.1, 0.15) is 21.5 Å². The zero-order chi connectivity index (χ0) is 28.4. The maximum atomic E-state index is 12.7. The third-order valence-electron chi connectivity index (χ3n) is 6.04. The van der Waals surface area contributed by atoms with Gasteiger partial charge in [-0.15, -0.1) is 0 Å². The van der Waals surface area contributed by atoms with E-state index < -0.39 is 11.9 Å². The monoisotopic (exact) mass is 564 g/mol. The van der Waals surface area contributed by atoms with Crippen LogP contribution in [0.15, 0.2) is 120 Å². The van der Waals surface area contributed by atoms with Crippen LogP contribution in [0.3, 0.4) is 0 Å². The van der Waals surface area contributed by atoms with Crippen molar-refractivity contribution in [3.05, 3.63) is 137 Å². The highest BCUT2D eigenvalue weighted by atomic mass is 35.5. The molecule has 8 heteroatoms. The van der Waals surface area contributed by atoms with E-state index in [0.29, 0.717) is 40.0 Å². The summed E-state index contributed by atoms with van der Waals surface area (Å²) in [6.07, 6.45) is 1.45. The van der Waals surface area contributed by atoms with Crippen molar-refractivity contribution in [3.63, 3.8) is 0 Å². The number of nitrogens with zero attached hydrogens (tertiary/aromatic N) is 1. The third-order valence-corrected chi connectivity index (χ3v) is 6.29. The minimum Gasteiger partial charge on any atom is -0.489 e. The smallest absolute Gasteiger partial charge is 0.343 e. The van der Waals surface area contributed by atoms with E-state index in [4.69, 9.17) is 25.8 Å². The fraction of sp³-hybridized carbons (Fsp3) is 0.0606. The van der Waals surface area contributed by atoms with Crippen molar-refractivity contribution >= 4 is 40.5 Å². The largest absolute Gasteiger partial charge is 0.489 e. The lowest BCUT2D eigenvalue weighted by atomic mass is 10.0. The number of amides is 1. The quantitative estimate of drug-likeness (QED) is 0.0870. The van der Waals surface area contributed by atoms with Crippen molar-refractivity contribution < 1.29 is 23.8 Å². The Hall–Kier alpha value is -5.14. The van der Waals surface area contributed by atoms with E-state index in [-0.39, 0.29) is 6.61 Å². The normalized spacial score (nSPS) is 10.9. The molecule has 0 radical (unpaired) electrons. The molecular formula is C33H25ClN2O5. The molecule has 0 aliphatic rings. The van der Waals surface area contributed by atoms with E-state index in [9.17, 15) is 9.59 Å². The van der Waals surface area contributed by atoms with Gasteiger partial charge in [0.15, 0.2) is 6.61 Å². The van der Waals surface area contributed by atoms with Crippen LogP contribution in [0.25, 0.3) is 10.8 Å². The maximum absolute atomic E-state index is 12.7. The average Bonchev–Trinajstić information content (AvgIpc) is 3.01. The topological polar surface area (TPSA) is 86.2 Å². The van der Waals surface area contributed by atoms with Crippen LogP contribution >= 0.6 is 11.6 Å². The van der Waals surface area contributed by atoms with Gasteiger partial charge in [0.25, 0.3) is 5.91 Å². The van der Waals surface area contributed by atoms with E-state index in [1.807, 2.05) is 60.7 Å². The molecule has 204 valence electrons. The lowest BCUT2D eigenvalue weighted by Crippen LogP contribution is -2.24. The van der Waals surface area contributed by atoms with Crippen LogP contribution < -0.4 is 19.6 Å². The van der Waals surface area contributed by atoms with Crippen LogP contribution in [-0.2, 0) is 11.4 Å². The molecule has 0 aromatic heterocycles. The minimum atomic E-state index is -0.541. The van der Waals surface area contributed by atoms with Gasteiger partial charge in [-0.1, -0.05) is 72.3 Å². The molecular weight excluding hydrogens is 540 g/mol. The van der Waals surface area contributed by atoms with E-state index in [1.54, 1.807) is 54.6 Å². The lowest BCUT2D eigenvalue weighted by molar-refractivity contribution is -0.123. The molecule has 0 spiro atoms. The van der Waals surface area contributed by atoms with Crippen LogP contribution in [0.5, 0.6) is 17.2 Å². The molecule has 0 saturated carbocycles. The molecule has 1 N–H and O–H groups in total. The molecule has 1 amide bonds. The first-order chi connectivity index (χ1) is 20.0. The molecule has 5 rings (SSSR count). The number of rotatable bonds is 10. The second-order valence-corrected chi connectivity index (χ2v) is 9.36. The van der Waals surface area contributed by atoms with Gasteiger partial charge in [0.2, 0.25) is 0 Å². The zero-order valence-corrected chi connectivity index (χ0v) is 22.6. The molecule has 0 aliphatic heterocycles. The fourth-order valence-corrected chi connectivity index (χ4v) is 4.09. The lowest BCUT2D eigenvalue weighted by Gasteiger charge is -2.11. The second kappa shape index (κ2) is 13.3. The Morgan fingerprint density at radius 1 is 0.756 bits per heavy atom. The van der Waals surface area contributed by atoms with Crippen molar-refractivity contribution in [1.29, 1.82) is 0 Å². The minimum absolute atomic E-state index is 0.241. The first-order valence-corrected chi connectivity index (χ1v) is 13.1. The predicted molar refractivity (Wildman–Crippen MR) is 159 cm³/mol. The number of halogens is 1. The number of benzene rings is 5. The van der Waals surface area contributed by atoms with Gasteiger partial charge in [0, 0.05) is 10.6 Å². The Bertz CT molecular complexity index is 1670. The van der Waals surface area contributed by atoms with Gasteiger partial charge in [-0.3, -0.25) is 4.79 Å². The second-order valence-electron chi connectivity index (χ2n) is 8.92. The summed E-state index contributed by atoms with van der Waals surface area (Å²) in [5.41, 5.74) is 4.42. The molecule has 5 aromatic rings. The molecule has 0 unspecified atom stereocenters. The molecule has 5 aromatic carbocycles. The molecule has 0 atom stereocenters. The Morgan fingerprint density at radius 2 is 1.44 bits per heavy atom. The number of fused-ring (bicyclic) bond motifs is 1. The molecule has 0 fully saturated rings. The highest BCUT2D eigenvalue weighted by Crippen LogP contribution is 2.27. The van der Waals surface area contributed by atoms with E-state index in [1.165, 1.54) is 6.21 Å². The van der Waals surface area contributed by atoms with Crippen LogP contribution in [0.2, 0.25) is 5.02 Å². The highest BCUT2D eigenvalue weighted by Gasteiger charge is 2.14. The first kappa shape index (κ1) is 27.4. The summed E-state index contributed by atoms with van der Waals surface area (Å²) in [4.78, 5) is 25.1. The van der Waals surface area contributed by atoms with Crippen LogP contribution in [-0.4, -0.2) is 24.7 Å². The average molecular weight is 565 g/mol. The van der Waals surface area contributed by atoms with Crippen molar-refractivity contribution in [2.75, 3.05) is 6.61 Å². The van der Waals surface area contributed by atoms with E-state index in [0.717, 1.165) is 16.3 Å². The summed E-state index contributed by atoms with van der Waals surface area (Å²) in [7, 11) is 0. The zero-order valence-electron chi connectivity index (χ0n) is 21.8. The van der Waals surface area contributed by atoms with Crippen molar-refractivity contribution in [2.24, 2.45) is 5.10 Å². The van der Waals surface area contributed by atoms with Gasteiger partial charge < -0.3 is 14.2 Å². The van der Waals surface area contributed by atoms with Crippen molar-refractivity contribution in [2.45, 2.75) is 6.61 Å². The van der Waals surface area contributed by atoms with E-state index >= 15 is 0 Å². The summed E-state index contributed by atoms with van der Waals surface area (Å²) in [6, 6.07) is 34.4. The number of esters is 1. The Balaban J connectivity index is 1.19. The van der Waals surface area contributed by atoms with Gasteiger partial charge in [-0.25, -0.2) is 10.2 Å². The Labute approximate surface area is 241 Å². The standard InChI is InChI=1S/C33H25ClN2O5/c34-26-13-10-25(11-14-26)33(38)41-31-19-12-24-8-4-5-9-29(24)30(31)20-35-36-32(37)22-40-28-17-15-27(16-18-28)39-21-23-6-2-1-3-7-23/h1-20H,21-22H2,(H,36,37)/b35-20-. The fourth-order valence-electron chi connectivity index (χ4n) is 3.97. The molecule has 0 bridgehead atoms. The highest BCUT2D eigenvalue weighted by molar-refractivity contribution is 6.30. The first-order valence-electron chi connectivity index (χ1n) is 12.8. The molecule has 7 nitrogen and oxygen atoms in total. The number of nitrogens with one attached hydrogen (secondary N) is 1. The third kappa shape index (κ3) is 7.50. The number of carbonyl (C=O) groups excluding carboxylic acids is 2. The maximum Gasteiger partial charge on any atom is 0.343 e. The van der Waals surface area contributed by atoms with Gasteiger partial charge in [-0.05, 0) is 70.9 Å². The van der Waals surface area contributed by atoms with Crippen molar-refractivity contribution in [3.8, 4) is 17.2 Å². The molecule has 0 heterocycles. The van der Waals surface area contributed by atoms with Crippen LogP contribution in [0.4, 0.5) is 0 Å². The number of ether oxygens (including phenoxy) is 3. The number of hydrazone groups is 1. The number of carbonyl (C=O) groups is 2. The summed E-state index contributed by atoms with van der Waals surface area (Å²) in [6.45, 7) is 0.218. The van der Waals surface area contributed by atoms with Gasteiger partial charge in [0.1, 0.15) is 23.9 Å². The Kier molecular flexibility index (Phi) is 8.88. The van der Waals surface area contributed by atoms with Gasteiger partial charge in [0.05, 0.1) is 11.8 Å². The van der Waals surface area contributed by atoms with Crippen molar-refractivity contribution in [1.82, 2.24) is 5.43 Å². The predicted octanol–water partition coefficient (Wildman–Crippen LogP) is 6.82. The Morgan fingerprint density at radius 3 is 2.20 bits per heavy atom. The summed E-state index contributed by atoms with van der Waals surface area (Å²) in [5.74, 6) is 0.512. The van der Waals surface area contributed by atoms with Gasteiger partial charge in [-0.2, -0.15) is 5.10 Å². The van der Waals surface area contributed by atoms with Crippen LogP contribution in [0, 0.1) is 0 Å². The number of hydrogen-bond acceptors (Lipinski definition) is 6. The van der Waals surface area contributed by atoms with Gasteiger partial charge >= 0.3 is 5.97 Å². The molecule has 0 aliphatic carbocycles. The molecule has 0 saturated heterocycles. The summed E-state index contributed by atoms with van der Waals surface area (Å²) >= 11 is 5.93. The van der Waals surface area contributed by atoms with E-state index in [2.05, 4.69) is 10.5 Å². The summed E-state index contributed by atoms with van der Waals surface area (Å²) < 4.78 is 17.0. The number of hydrogen-bond donors (Lipinski definition) is 1. The molecule has 41 heavy (non-hydrogen) atoms.